The number of alkyl halides is 5. The molecule has 1 aliphatic carbocycles. The average molecular weight is 332 g/mol. The van der Waals surface area contributed by atoms with E-state index in [-0.39, 0.29) is 5.69 Å². The first-order valence-electron chi connectivity index (χ1n) is 7.00. The molecular weight excluding hydrogens is 319 g/mol. The van der Waals surface area contributed by atoms with Crippen molar-refractivity contribution in [2.24, 2.45) is 0 Å². The standard InChI is InChI=1S/C15H13F5N2O/c1-2-8-5-3-4-6-10(8)22-12(15(18,19)20)11-9(21-22)7-14(16,17)13(11)23/h3-6,13,23H,2,7H2,1H3/t13-/m0/s1. The molecule has 3 rings (SSSR count). The summed E-state index contributed by atoms with van der Waals surface area (Å²) >= 11 is 0. The van der Waals surface area contributed by atoms with Gasteiger partial charge in [-0.3, -0.25) is 0 Å². The Morgan fingerprint density at radius 2 is 1.96 bits per heavy atom. The van der Waals surface area contributed by atoms with E-state index in [1.807, 2.05) is 0 Å². The molecule has 0 saturated carbocycles. The molecule has 0 radical (unpaired) electrons. The molecule has 0 spiro atoms. The maximum atomic E-state index is 13.5. The summed E-state index contributed by atoms with van der Waals surface area (Å²) in [7, 11) is 0. The number of benzene rings is 1. The third-order valence-corrected chi connectivity index (χ3v) is 3.94. The van der Waals surface area contributed by atoms with E-state index in [4.69, 9.17) is 0 Å². The molecule has 0 amide bonds. The van der Waals surface area contributed by atoms with Gasteiger partial charge < -0.3 is 5.11 Å². The van der Waals surface area contributed by atoms with Gasteiger partial charge in [-0.25, -0.2) is 13.5 Å². The fourth-order valence-electron chi connectivity index (χ4n) is 2.89. The smallest absolute Gasteiger partial charge is 0.382 e. The lowest BCUT2D eigenvalue weighted by molar-refractivity contribution is -0.147. The van der Waals surface area contributed by atoms with Crippen LogP contribution in [0.15, 0.2) is 24.3 Å². The molecule has 1 aliphatic rings. The van der Waals surface area contributed by atoms with E-state index in [2.05, 4.69) is 5.10 Å². The zero-order valence-electron chi connectivity index (χ0n) is 12.0. The topological polar surface area (TPSA) is 38.0 Å². The summed E-state index contributed by atoms with van der Waals surface area (Å²) in [6.45, 7) is 1.77. The van der Waals surface area contributed by atoms with Crippen molar-refractivity contribution in [1.29, 1.82) is 0 Å². The zero-order valence-corrected chi connectivity index (χ0v) is 12.0. The minimum Gasteiger partial charge on any atom is -0.382 e. The molecule has 0 unspecified atom stereocenters. The molecule has 2 aromatic rings. The monoisotopic (exact) mass is 332 g/mol. The van der Waals surface area contributed by atoms with Crippen molar-refractivity contribution in [2.75, 3.05) is 0 Å². The highest BCUT2D eigenvalue weighted by Crippen LogP contribution is 2.48. The lowest BCUT2D eigenvalue weighted by Crippen LogP contribution is -2.25. The Morgan fingerprint density at radius 3 is 2.57 bits per heavy atom. The Bertz CT molecular complexity index is 751. The van der Waals surface area contributed by atoms with Gasteiger partial charge in [0.1, 0.15) is 6.10 Å². The molecule has 1 aromatic carbocycles. The molecule has 1 atom stereocenters. The van der Waals surface area contributed by atoms with E-state index in [1.165, 1.54) is 6.07 Å². The molecule has 8 heteroatoms. The number of fused-ring (bicyclic) bond motifs is 1. The van der Waals surface area contributed by atoms with Crippen molar-refractivity contribution in [3.63, 3.8) is 0 Å². The molecule has 3 nitrogen and oxygen atoms in total. The van der Waals surface area contributed by atoms with Gasteiger partial charge in [0.15, 0.2) is 5.69 Å². The van der Waals surface area contributed by atoms with Crippen molar-refractivity contribution >= 4 is 0 Å². The van der Waals surface area contributed by atoms with Gasteiger partial charge in [0.25, 0.3) is 5.92 Å². The number of hydrogen-bond donors (Lipinski definition) is 1. The first kappa shape index (κ1) is 15.9. The third kappa shape index (κ3) is 2.41. The first-order chi connectivity index (χ1) is 10.7. The number of aliphatic hydroxyl groups excluding tert-OH is 1. The van der Waals surface area contributed by atoms with Gasteiger partial charge in [-0.15, -0.1) is 0 Å². The van der Waals surface area contributed by atoms with E-state index in [0.29, 0.717) is 16.7 Å². The second kappa shape index (κ2) is 5.02. The summed E-state index contributed by atoms with van der Waals surface area (Å²) in [5, 5.41) is 13.4. The normalized spacial score (nSPS) is 19.9. The van der Waals surface area contributed by atoms with Crippen LogP contribution in [0.3, 0.4) is 0 Å². The summed E-state index contributed by atoms with van der Waals surface area (Å²) in [5.41, 5.74) is -1.81. The number of halogens is 5. The van der Waals surface area contributed by atoms with Gasteiger partial charge in [-0.1, -0.05) is 25.1 Å². The second-order valence-corrected chi connectivity index (χ2v) is 5.44. The van der Waals surface area contributed by atoms with Crippen LogP contribution in [-0.2, 0) is 19.0 Å². The molecule has 1 heterocycles. The van der Waals surface area contributed by atoms with Gasteiger partial charge in [-0.05, 0) is 18.1 Å². The van der Waals surface area contributed by atoms with Crippen molar-refractivity contribution in [3.8, 4) is 5.69 Å². The second-order valence-electron chi connectivity index (χ2n) is 5.44. The van der Waals surface area contributed by atoms with E-state index in [1.54, 1.807) is 25.1 Å². The van der Waals surface area contributed by atoms with Crippen LogP contribution < -0.4 is 0 Å². The lowest BCUT2D eigenvalue weighted by atomic mass is 10.1. The predicted molar refractivity (Wildman–Crippen MR) is 71.6 cm³/mol. The van der Waals surface area contributed by atoms with Crippen LogP contribution in [0.4, 0.5) is 22.0 Å². The van der Waals surface area contributed by atoms with Crippen LogP contribution in [0.25, 0.3) is 5.69 Å². The van der Waals surface area contributed by atoms with Crippen molar-refractivity contribution in [1.82, 2.24) is 9.78 Å². The van der Waals surface area contributed by atoms with Crippen molar-refractivity contribution in [2.45, 2.75) is 38.0 Å². The van der Waals surface area contributed by atoms with Crippen LogP contribution in [0, 0.1) is 0 Å². The highest BCUT2D eigenvalue weighted by Gasteiger charge is 2.54. The number of aromatic nitrogens is 2. The Morgan fingerprint density at radius 1 is 1.30 bits per heavy atom. The van der Waals surface area contributed by atoms with Gasteiger partial charge in [0, 0.05) is 5.56 Å². The quantitative estimate of drug-likeness (QED) is 0.852. The van der Waals surface area contributed by atoms with E-state index >= 15 is 0 Å². The number of rotatable bonds is 2. The number of aliphatic hydroxyl groups is 1. The Labute approximate surface area is 128 Å². The fourth-order valence-corrected chi connectivity index (χ4v) is 2.89. The molecule has 0 aliphatic heterocycles. The lowest BCUT2D eigenvalue weighted by Gasteiger charge is -2.19. The molecule has 0 fully saturated rings. The summed E-state index contributed by atoms with van der Waals surface area (Å²) in [6.07, 6.45) is -7.97. The minimum atomic E-state index is -4.91. The maximum Gasteiger partial charge on any atom is 0.433 e. The molecule has 0 saturated heterocycles. The Hall–Kier alpha value is -1.96. The van der Waals surface area contributed by atoms with Gasteiger partial charge in [0.05, 0.1) is 17.8 Å². The average Bonchev–Trinajstić information content (AvgIpc) is 2.93. The van der Waals surface area contributed by atoms with Gasteiger partial charge in [-0.2, -0.15) is 18.3 Å². The van der Waals surface area contributed by atoms with Gasteiger partial charge in [0.2, 0.25) is 0 Å². The Kier molecular flexibility index (Phi) is 3.47. The van der Waals surface area contributed by atoms with Crippen LogP contribution in [0.1, 0.15) is 35.5 Å². The SMILES string of the molecule is CCc1ccccc1-n1nc2c(c1C(F)(F)F)[C@H](O)C(F)(F)C2. The van der Waals surface area contributed by atoms with E-state index in [0.717, 1.165) is 0 Å². The molecule has 23 heavy (non-hydrogen) atoms. The highest BCUT2D eigenvalue weighted by molar-refractivity contribution is 5.47. The largest absolute Gasteiger partial charge is 0.433 e. The maximum absolute atomic E-state index is 13.5. The van der Waals surface area contributed by atoms with Crippen LogP contribution >= 0.6 is 0 Å². The van der Waals surface area contributed by atoms with Crippen LogP contribution in [0.2, 0.25) is 0 Å². The number of aryl methyl sites for hydroxylation is 1. The van der Waals surface area contributed by atoms with Crippen LogP contribution in [-0.4, -0.2) is 20.8 Å². The number of hydrogen-bond acceptors (Lipinski definition) is 2. The molecule has 1 N–H and O–H groups in total. The van der Waals surface area contributed by atoms with Gasteiger partial charge >= 0.3 is 6.18 Å². The molecule has 124 valence electrons. The predicted octanol–water partition coefficient (Wildman–Crippen LogP) is 3.68. The van der Waals surface area contributed by atoms with E-state index < -0.39 is 41.6 Å². The molecular formula is C15H13F5N2O. The molecule has 0 bridgehead atoms. The number of nitrogens with zero attached hydrogens (tertiary/aromatic N) is 2. The van der Waals surface area contributed by atoms with Crippen molar-refractivity contribution < 1.29 is 27.1 Å². The summed E-state index contributed by atoms with van der Waals surface area (Å²) in [6, 6.07) is 6.32. The first-order valence-corrected chi connectivity index (χ1v) is 7.00. The van der Waals surface area contributed by atoms with E-state index in [9.17, 15) is 27.1 Å². The molecule has 1 aromatic heterocycles. The third-order valence-electron chi connectivity index (χ3n) is 3.94. The summed E-state index contributed by atoms with van der Waals surface area (Å²) < 4.78 is 68.1. The highest BCUT2D eigenvalue weighted by atomic mass is 19.4. The number of para-hydroxylation sites is 1. The fraction of sp³-hybridized carbons (Fsp3) is 0.400. The van der Waals surface area contributed by atoms with Crippen molar-refractivity contribution in [3.05, 3.63) is 46.8 Å². The minimum absolute atomic E-state index is 0.173. The zero-order chi connectivity index (χ0) is 17.0. The Balaban J connectivity index is 2.27. The van der Waals surface area contributed by atoms with Crippen LogP contribution in [0.5, 0.6) is 0 Å². The summed E-state index contributed by atoms with van der Waals surface area (Å²) in [5.74, 6) is -3.64. The summed E-state index contributed by atoms with van der Waals surface area (Å²) in [4.78, 5) is 0.